The maximum atomic E-state index is 6.50. The Morgan fingerprint density at radius 3 is 1.54 bits per heavy atom. The molecule has 0 unspecified atom stereocenters. The minimum Gasteiger partial charge on any atom is -0.367 e. The molecule has 1 aliphatic heterocycles. The zero-order chi connectivity index (χ0) is 16.2. The standard InChI is InChI=1S/C22H20O2/c1-4-10-17(11-5-1)20-16-23-21(18-12-6-2-7-13-18)22(24-20)19-14-8-3-9-15-19/h1-15,20-22H,16H2/t20-,21+,22+/m0/s1. The van der Waals surface area contributed by atoms with Crippen molar-refractivity contribution in [2.24, 2.45) is 0 Å². The lowest BCUT2D eigenvalue weighted by molar-refractivity contribution is -0.189. The van der Waals surface area contributed by atoms with E-state index in [9.17, 15) is 0 Å². The van der Waals surface area contributed by atoms with E-state index >= 15 is 0 Å². The molecule has 0 aromatic heterocycles. The van der Waals surface area contributed by atoms with E-state index in [1.54, 1.807) is 0 Å². The lowest BCUT2D eigenvalue weighted by Crippen LogP contribution is -2.29. The van der Waals surface area contributed by atoms with Crippen molar-refractivity contribution in [3.8, 4) is 0 Å². The van der Waals surface area contributed by atoms with Gasteiger partial charge in [0.05, 0.1) is 6.61 Å². The van der Waals surface area contributed by atoms with Crippen LogP contribution < -0.4 is 0 Å². The lowest BCUT2D eigenvalue weighted by Gasteiger charge is -2.37. The average molecular weight is 316 g/mol. The van der Waals surface area contributed by atoms with Gasteiger partial charge in [0.1, 0.15) is 18.3 Å². The summed E-state index contributed by atoms with van der Waals surface area (Å²) in [6.07, 6.45) is -0.252. The predicted molar refractivity (Wildman–Crippen MR) is 94.6 cm³/mol. The first-order chi connectivity index (χ1) is 11.9. The molecule has 1 fully saturated rings. The first-order valence-corrected chi connectivity index (χ1v) is 8.34. The highest BCUT2D eigenvalue weighted by atomic mass is 16.6. The Morgan fingerprint density at radius 2 is 1.00 bits per heavy atom. The second kappa shape index (κ2) is 7.00. The molecule has 4 rings (SSSR count). The summed E-state index contributed by atoms with van der Waals surface area (Å²) in [6.45, 7) is 0.562. The Hall–Kier alpha value is -2.42. The van der Waals surface area contributed by atoms with E-state index in [1.807, 2.05) is 54.6 Å². The van der Waals surface area contributed by atoms with Crippen molar-refractivity contribution < 1.29 is 9.47 Å². The third-order valence-electron chi connectivity index (χ3n) is 4.44. The van der Waals surface area contributed by atoms with Crippen molar-refractivity contribution >= 4 is 0 Å². The highest BCUT2D eigenvalue weighted by Gasteiger charge is 2.34. The van der Waals surface area contributed by atoms with Crippen LogP contribution in [0.1, 0.15) is 35.0 Å². The van der Waals surface area contributed by atoms with Crippen molar-refractivity contribution in [2.45, 2.75) is 18.3 Å². The van der Waals surface area contributed by atoms with Gasteiger partial charge in [0.25, 0.3) is 0 Å². The van der Waals surface area contributed by atoms with E-state index in [0.29, 0.717) is 6.61 Å². The Bertz CT molecular complexity index is 756. The Balaban J connectivity index is 1.67. The van der Waals surface area contributed by atoms with Gasteiger partial charge in [-0.05, 0) is 16.7 Å². The Morgan fingerprint density at radius 1 is 0.542 bits per heavy atom. The van der Waals surface area contributed by atoms with Gasteiger partial charge in [0.2, 0.25) is 0 Å². The number of rotatable bonds is 3. The smallest absolute Gasteiger partial charge is 0.114 e. The van der Waals surface area contributed by atoms with Gasteiger partial charge in [-0.15, -0.1) is 0 Å². The maximum Gasteiger partial charge on any atom is 0.114 e. The molecule has 0 N–H and O–H groups in total. The molecule has 1 saturated heterocycles. The molecule has 2 heteroatoms. The predicted octanol–water partition coefficient (Wildman–Crippen LogP) is 5.26. The molecule has 0 aliphatic carbocycles. The van der Waals surface area contributed by atoms with Crippen LogP contribution in [-0.2, 0) is 9.47 Å². The van der Waals surface area contributed by atoms with Gasteiger partial charge in [-0.2, -0.15) is 0 Å². The van der Waals surface area contributed by atoms with Gasteiger partial charge in [0, 0.05) is 0 Å². The van der Waals surface area contributed by atoms with Crippen LogP contribution in [-0.4, -0.2) is 6.61 Å². The molecule has 0 bridgehead atoms. The minimum atomic E-state index is -0.118. The fourth-order valence-corrected chi connectivity index (χ4v) is 3.22. The largest absolute Gasteiger partial charge is 0.367 e. The fraction of sp³-hybridized carbons (Fsp3) is 0.182. The van der Waals surface area contributed by atoms with E-state index in [2.05, 4.69) is 36.4 Å². The van der Waals surface area contributed by atoms with Crippen molar-refractivity contribution in [3.63, 3.8) is 0 Å². The minimum absolute atomic E-state index is 0.0450. The van der Waals surface area contributed by atoms with E-state index in [4.69, 9.17) is 9.47 Å². The van der Waals surface area contributed by atoms with Crippen LogP contribution >= 0.6 is 0 Å². The van der Waals surface area contributed by atoms with Crippen LogP contribution in [0.25, 0.3) is 0 Å². The summed E-state index contributed by atoms with van der Waals surface area (Å²) in [5, 5.41) is 0. The first kappa shape index (κ1) is 15.1. The topological polar surface area (TPSA) is 18.5 Å². The molecule has 0 spiro atoms. The molecular weight excluding hydrogens is 296 g/mol. The molecule has 0 amide bonds. The van der Waals surface area contributed by atoms with Crippen LogP contribution in [0.2, 0.25) is 0 Å². The lowest BCUT2D eigenvalue weighted by atomic mass is 9.96. The summed E-state index contributed by atoms with van der Waals surface area (Å²) in [6, 6.07) is 31.0. The molecule has 3 aromatic rings. The molecule has 24 heavy (non-hydrogen) atoms. The zero-order valence-electron chi connectivity index (χ0n) is 13.4. The summed E-state index contributed by atoms with van der Waals surface area (Å²) < 4.78 is 12.8. The average Bonchev–Trinajstić information content (AvgIpc) is 2.69. The van der Waals surface area contributed by atoms with Gasteiger partial charge in [-0.3, -0.25) is 0 Å². The van der Waals surface area contributed by atoms with Crippen LogP contribution in [0.3, 0.4) is 0 Å². The third-order valence-corrected chi connectivity index (χ3v) is 4.44. The molecule has 2 nitrogen and oxygen atoms in total. The van der Waals surface area contributed by atoms with Crippen molar-refractivity contribution in [1.29, 1.82) is 0 Å². The number of benzene rings is 3. The van der Waals surface area contributed by atoms with Gasteiger partial charge in [0.15, 0.2) is 0 Å². The summed E-state index contributed by atoms with van der Waals surface area (Å²) in [4.78, 5) is 0. The van der Waals surface area contributed by atoms with E-state index < -0.39 is 0 Å². The molecular formula is C22H20O2. The summed E-state index contributed by atoms with van der Waals surface area (Å²) in [5.74, 6) is 0. The molecule has 3 aromatic carbocycles. The molecule has 1 heterocycles. The van der Waals surface area contributed by atoms with Gasteiger partial charge in [-0.1, -0.05) is 91.0 Å². The first-order valence-electron chi connectivity index (χ1n) is 8.34. The Labute approximate surface area is 142 Å². The molecule has 0 saturated carbocycles. The maximum absolute atomic E-state index is 6.50. The monoisotopic (exact) mass is 316 g/mol. The molecule has 3 atom stereocenters. The highest BCUT2D eigenvalue weighted by molar-refractivity contribution is 5.27. The SMILES string of the molecule is c1ccc([C@@H]2CO[C@H](c3ccccc3)[C@@H](c3ccccc3)O2)cc1. The van der Waals surface area contributed by atoms with E-state index in [0.717, 1.165) is 16.7 Å². The van der Waals surface area contributed by atoms with Crippen molar-refractivity contribution in [2.75, 3.05) is 6.61 Å². The number of hydrogen-bond donors (Lipinski definition) is 0. The fourth-order valence-electron chi connectivity index (χ4n) is 3.22. The molecule has 1 aliphatic rings. The molecule has 120 valence electrons. The second-order valence-electron chi connectivity index (χ2n) is 6.03. The highest BCUT2D eigenvalue weighted by Crippen LogP contribution is 2.43. The van der Waals surface area contributed by atoms with Crippen molar-refractivity contribution in [3.05, 3.63) is 108 Å². The summed E-state index contributed by atoms with van der Waals surface area (Å²) >= 11 is 0. The van der Waals surface area contributed by atoms with Gasteiger partial charge in [-0.25, -0.2) is 0 Å². The van der Waals surface area contributed by atoms with Gasteiger partial charge < -0.3 is 9.47 Å². The van der Waals surface area contributed by atoms with Crippen LogP contribution in [0.5, 0.6) is 0 Å². The quantitative estimate of drug-likeness (QED) is 0.656. The number of ether oxygens (including phenoxy) is 2. The van der Waals surface area contributed by atoms with Crippen molar-refractivity contribution in [1.82, 2.24) is 0 Å². The Kier molecular flexibility index (Phi) is 4.41. The van der Waals surface area contributed by atoms with Crippen LogP contribution in [0.15, 0.2) is 91.0 Å². The second-order valence-corrected chi connectivity index (χ2v) is 6.03. The van der Waals surface area contributed by atoms with Crippen LogP contribution in [0.4, 0.5) is 0 Å². The normalized spacial score (nSPS) is 23.8. The number of hydrogen-bond acceptors (Lipinski definition) is 2. The summed E-state index contributed by atoms with van der Waals surface area (Å²) in [7, 11) is 0. The zero-order valence-corrected chi connectivity index (χ0v) is 13.4. The molecule has 0 radical (unpaired) electrons. The third kappa shape index (κ3) is 3.12. The van der Waals surface area contributed by atoms with E-state index in [1.165, 1.54) is 0 Å². The van der Waals surface area contributed by atoms with Crippen LogP contribution in [0, 0.1) is 0 Å². The van der Waals surface area contributed by atoms with E-state index in [-0.39, 0.29) is 18.3 Å². The summed E-state index contributed by atoms with van der Waals surface area (Å²) in [5.41, 5.74) is 3.45. The van der Waals surface area contributed by atoms with Gasteiger partial charge >= 0.3 is 0 Å².